The van der Waals surface area contributed by atoms with E-state index >= 15 is 0 Å². The molecule has 6 aromatic rings. The fraction of sp³-hybridized carbons (Fsp3) is 0.0769. The second-order valence-electron chi connectivity index (χ2n) is 8.27. The highest BCUT2D eigenvalue weighted by atomic mass is 32.2. The fourth-order valence-corrected chi connectivity index (χ4v) is 5.53. The van der Waals surface area contributed by atoms with Gasteiger partial charge in [-0.2, -0.15) is 0 Å². The van der Waals surface area contributed by atoms with Crippen molar-refractivity contribution in [2.24, 2.45) is 0 Å². The number of hydrogen-bond donors (Lipinski definition) is 2. The van der Waals surface area contributed by atoms with Crippen LogP contribution in [0, 0.1) is 0 Å². The number of nitrogen functional groups attached to an aromatic ring is 2. The van der Waals surface area contributed by atoms with Crippen LogP contribution >= 0.6 is 23.5 Å². The fourth-order valence-electron chi connectivity index (χ4n) is 3.89. The van der Waals surface area contributed by atoms with E-state index in [2.05, 4.69) is 20.4 Å². The molecule has 3 heterocycles. The summed E-state index contributed by atoms with van der Waals surface area (Å²) in [5.74, 6) is 14.9. The molecule has 0 unspecified atom stereocenters. The molecule has 0 atom stereocenters. The van der Waals surface area contributed by atoms with Gasteiger partial charge in [-0.25, -0.2) is 19.3 Å². The molecule has 10 nitrogen and oxygen atoms in total. The van der Waals surface area contributed by atoms with Gasteiger partial charge in [0.05, 0.1) is 22.4 Å². The molecule has 0 aliphatic carbocycles. The van der Waals surface area contributed by atoms with Gasteiger partial charge in [0.1, 0.15) is 0 Å². The Labute approximate surface area is 226 Å². The van der Waals surface area contributed by atoms with Gasteiger partial charge < -0.3 is 11.7 Å². The van der Waals surface area contributed by atoms with Crippen LogP contribution in [0.25, 0.3) is 33.8 Å². The minimum Gasteiger partial charge on any atom is -0.335 e. The minimum absolute atomic E-state index is 0.516. The number of benzene rings is 3. The standard InChI is InChI=1S/C26H22N10S2/c27-35-23(17-9-3-1-4-10-17)31-33-25(35)37-15-21-22(30-20-14-8-7-13-19(20)29-21)16-38-26-34-32-24(36(26)28)18-11-5-2-6-12-18/h1-14H,15-16,27-28H2. The third kappa shape index (κ3) is 4.78. The molecule has 0 aliphatic heterocycles. The van der Waals surface area contributed by atoms with Gasteiger partial charge in [0.25, 0.3) is 0 Å². The molecule has 188 valence electrons. The zero-order valence-electron chi connectivity index (χ0n) is 20.0. The van der Waals surface area contributed by atoms with E-state index in [4.69, 9.17) is 21.7 Å². The van der Waals surface area contributed by atoms with Crippen molar-refractivity contribution in [1.29, 1.82) is 0 Å². The summed E-state index contributed by atoms with van der Waals surface area (Å²) in [6.45, 7) is 0. The van der Waals surface area contributed by atoms with Crippen molar-refractivity contribution < 1.29 is 0 Å². The lowest BCUT2D eigenvalue weighted by molar-refractivity contribution is 0.847. The van der Waals surface area contributed by atoms with Crippen LogP contribution in [0.4, 0.5) is 0 Å². The van der Waals surface area contributed by atoms with Gasteiger partial charge >= 0.3 is 0 Å². The van der Waals surface area contributed by atoms with Crippen molar-refractivity contribution in [3.63, 3.8) is 0 Å². The highest BCUT2D eigenvalue weighted by Crippen LogP contribution is 2.29. The average Bonchev–Trinajstić information content (AvgIpc) is 3.52. The zero-order chi connectivity index (χ0) is 25.9. The maximum Gasteiger partial charge on any atom is 0.210 e. The lowest BCUT2D eigenvalue weighted by Crippen LogP contribution is -2.12. The van der Waals surface area contributed by atoms with E-state index in [1.165, 1.54) is 32.9 Å². The van der Waals surface area contributed by atoms with Crippen molar-refractivity contribution in [1.82, 2.24) is 39.7 Å². The van der Waals surface area contributed by atoms with Crippen LogP contribution in [0.1, 0.15) is 11.4 Å². The van der Waals surface area contributed by atoms with Gasteiger partial charge in [-0.05, 0) is 12.1 Å². The van der Waals surface area contributed by atoms with Gasteiger partial charge in [-0.3, -0.25) is 0 Å². The first-order chi connectivity index (χ1) is 18.7. The Kier molecular flexibility index (Phi) is 6.63. The van der Waals surface area contributed by atoms with Crippen LogP contribution in [0.5, 0.6) is 0 Å². The summed E-state index contributed by atoms with van der Waals surface area (Å²) in [6, 6.07) is 27.3. The number of thioether (sulfide) groups is 2. The average molecular weight is 539 g/mol. The first kappa shape index (κ1) is 23.9. The Morgan fingerprint density at radius 1 is 0.526 bits per heavy atom. The summed E-state index contributed by atoms with van der Waals surface area (Å²) in [5, 5.41) is 18.3. The Morgan fingerprint density at radius 3 is 1.34 bits per heavy atom. The second-order valence-corrected chi connectivity index (χ2v) is 10.2. The molecule has 0 saturated carbocycles. The molecule has 3 aromatic heterocycles. The van der Waals surface area contributed by atoms with E-state index in [0.717, 1.165) is 33.5 Å². The SMILES string of the molecule is Nn1c(SCc2nc3ccccc3nc2CSc2nnc(-c3ccccc3)n2N)nnc1-c1ccccc1. The van der Waals surface area contributed by atoms with E-state index < -0.39 is 0 Å². The third-order valence-electron chi connectivity index (χ3n) is 5.79. The summed E-state index contributed by atoms with van der Waals surface area (Å²) in [7, 11) is 0. The zero-order valence-corrected chi connectivity index (χ0v) is 21.7. The van der Waals surface area contributed by atoms with E-state index in [1.807, 2.05) is 84.9 Å². The van der Waals surface area contributed by atoms with Crippen LogP contribution in [0.3, 0.4) is 0 Å². The van der Waals surface area contributed by atoms with E-state index in [0.29, 0.717) is 33.5 Å². The number of rotatable bonds is 8. The van der Waals surface area contributed by atoms with Crippen molar-refractivity contribution in [3.8, 4) is 22.8 Å². The quantitative estimate of drug-likeness (QED) is 0.214. The van der Waals surface area contributed by atoms with Crippen molar-refractivity contribution >= 4 is 34.6 Å². The van der Waals surface area contributed by atoms with Crippen LogP contribution in [-0.4, -0.2) is 39.7 Å². The second kappa shape index (κ2) is 10.5. The number of nitrogens with two attached hydrogens (primary N) is 2. The molecule has 4 N–H and O–H groups in total. The molecule has 3 aromatic carbocycles. The molecule has 0 aliphatic rings. The molecular weight excluding hydrogens is 516 g/mol. The molecule has 0 saturated heterocycles. The van der Waals surface area contributed by atoms with E-state index in [9.17, 15) is 0 Å². The van der Waals surface area contributed by atoms with E-state index in [-0.39, 0.29) is 0 Å². The Bertz CT molecular complexity index is 1570. The maximum atomic E-state index is 6.33. The molecule has 6 rings (SSSR count). The number of hydrogen-bond acceptors (Lipinski definition) is 10. The molecule has 0 bridgehead atoms. The number of aromatic nitrogens is 8. The maximum absolute atomic E-state index is 6.33. The monoisotopic (exact) mass is 538 g/mol. The van der Waals surface area contributed by atoms with Gasteiger partial charge in [0.15, 0.2) is 11.6 Å². The molecule has 0 spiro atoms. The van der Waals surface area contributed by atoms with Crippen LogP contribution < -0.4 is 11.7 Å². The summed E-state index contributed by atoms with van der Waals surface area (Å²) in [6.07, 6.45) is 0. The molecule has 0 radical (unpaired) electrons. The summed E-state index contributed by atoms with van der Waals surface area (Å²) < 4.78 is 3.01. The Hall–Kier alpha value is -4.42. The molecule has 38 heavy (non-hydrogen) atoms. The lowest BCUT2D eigenvalue weighted by Gasteiger charge is -2.10. The van der Waals surface area contributed by atoms with Crippen molar-refractivity contribution in [3.05, 3.63) is 96.3 Å². The summed E-state index contributed by atoms with van der Waals surface area (Å²) in [4.78, 5) is 9.81. The van der Waals surface area contributed by atoms with Crippen LogP contribution in [0.15, 0.2) is 95.2 Å². The van der Waals surface area contributed by atoms with Gasteiger partial charge in [0.2, 0.25) is 10.3 Å². The predicted molar refractivity (Wildman–Crippen MR) is 150 cm³/mol. The van der Waals surface area contributed by atoms with Gasteiger partial charge in [0, 0.05) is 22.6 Å². The topological polar surface area (TPSA) is 139 Å². The first-order valence-corrected chi connectivity index (χ1v) is 13.7. The smallest absolute Gasteiger partial charge is 0.210 e. The highest BCUT2D eigenvalue weighted by Gasteiger charge is 2.17. The number of para-hydroxylation sites is 2. The first-order valence-electron chi connectivity index (χ1n) is 11.7. The molecule has 0 amide bonds. The summed E-state index contributed by atoms with van der Waals surface area (Å²) >= 11 is 2.92. The number of fused-ring (bicyclic) bond motifs is 1. The Morgan fingerprint density at radius 2 is 0.921 bits per heavy atom. The minimum atomic E-state index is 0.516. The molecule has 12 heteroatoms. The van der Waals surface area contributed by atoms with Gasteiger partial charge in [-0.1, -0.05) is 96.3 Å². The van der Waals surface area contributed by atoms with Gasteiger partial charge in [-0.15, -0.1) is 20.4 Å². The van der Waals surface area contributed by atoms with Crippen molar-refractivity contribution in [2.45, 2.75) is 21.8 Å². The molecule has 0 fully saturated rings. The molecular formula is C26H22N10S2. The van der Waals surface area contributed by atoms with Crippen LogP contribution in [-0.2, 0) is 11.5 Å². The van der Waals surface area contributed by atoms with Crippen molar-refractivity contribution in [2.75, 3.05) is 11.7 Å². The largest absolute Gasteiger partial charge is 0.335 e. The van der Waals surface area contributed by atoms with E-state index in [1.54, 1.807) is 0 Å². The Balaban J connectivity index is 1.25. The lowest BCUT2D eigenvalue weighted by atomic mass is 10.2. The normalized spacial score (nSPS) is 11.3. The number of nitrogens with zero attached hydrogens (tertiary/aromatic N) is 8. The third-order valence-corrected chi connectivity index (χ3v) is 7.70. The predicted octanol–water partition coefficient (Wildman–Crippen LogP) is 4.16. The highest BCUT2D eigenvalue weighted by molar-refractivity contribution is 7.98. The van der Waals surface area contributed by atoms with Crippen LogP contribution in [0.2, 0.25) is 0 Å². The summed E-state index contributed by atoms with van der Waals surface area (Å²) in [5.41, 5.74) is 5.11.